The van der Waals surface area contributed by atoms with E-state index in [1.165, 1.54) is 6.26 Å². The molecule has 1 aromatic carbocycles. The van der Waals surface area contributed by atoms with Crippen LogP contribution in [-0.2, 0) is 21.0 Å². The van der Waals surface area contributed by atoms with Crippen LogP contribution in [-0.4, -0.2) is 53.5 Å². The van der Waals surface area contributed by atoms with Gasteiger partial charge in [0.2, 0.25) is 0 Å². The van der Waals surface area contributed by atoms with Crippen molar-refractivity contribution in [1.82, 2.24) is 10.6 Å². The number of sulfone groups is 1. The summed E-state index contributed by atoms with van der Waals surface area (Å²) < 4.78 is 28.3. The molecule has 0 fully saturated rings. The van der Waals surface area contributed by atoms with Crippen LogP contribution >= 0.6 is 0 Å². The number of nitrogens with one attached hydrogen (secondary N) is 2. The van der Waals surface area contributed by atoms with E-state index in [4.69, 9.17) is 4.74 Å². The smallest absolute Gasteiger partial charge is 0.190 e. The molecule has 0 aliphatic heterocycles. The summed E-state index contributed by atoms with van der Waals surface area (Å²) >= 11 is 0. The zero-order valence-electron chi connectivity index (χ0n) is 15.0. The molecule has 7 heteroatoms. The first-order valence-electron chi connectivity index (χ1n) is 8.18. The molecule has 6 nitrogen and oxygen atoms in total. The van der Waals surface area contributed by atoms with Crippen molar-refractivity contribution in [2.45, 2.75) is 37.7 Å². The molecule has 0 spiro atoms. The first-order chi connectivity index (χ1) is 11.3. The Balaban J connectivity index is 2.29. The van der Waals surface area contributed by atoms with E-state index >= 15 is 0 Å². The number of rotatable bonds is 9. The van der Waals surface area contributed by atoms with Crippen molar-refractivity contribution in [3.8, 4) is 0 Å². The first-order valence-corrected chi connectivity index (χ1v) is 10.1. The minimum Gasteiger partial charge on any atom is -0.379 e. The molecule has 0 aliphatic carbocycles. The van der Waals surface area contributed by atoms with E-state index in [-0.39, 0.29) is 6.10 Å². The molecule has 24 heavy (non-hydrogen) atoms. The lowest BCUT2D eigenvalue weighted by atomic mass is 10.1. The third-order valence-electron chi connectivity index (χ3n) is 3.35. The average Bonchev–Trinajstić information content (AvgIpc) is 2.52. The van der Waals surface area contributed by atoms with Gasteiger partial charge in [-0.3, -0.25) is 4.99 Å². The number of ether oxygens (including phenoxy) is 1. The van der Waals surface area contributed by atoms with Gasteiger partial charge in [-0.2, -0.15) is 0 Å². The van der Waals surface area contributed by atoms with Gasteiger partial charge in [0.1, 0.15) is 0 Å². The number of benzene rings is 1. The van der Waals surface area contributed by atoms with Gasteiger partial charge in [0.25, 0.3) is 0 Å². The van der Waals surface area contributed by atoms with E-state index in [1.54, 1.807) is 19.2 Å². The minimum atomic E-state index is -3.13. The number of nitrogens with zero attached hydrogens (tertiary/aromatic N) is 1. The molecule has 0 aromatic heterocycles. The molecular weight excluding hydrogens is 326 g/mol. The molecule has 0 heterocycles. The van der Waals surface area contributed by atoms with Crippen molar-refractivity contribution in [1.29, 1.82) is 0 Å². The van der Waals surface area contributed by atoms with E-state index in [9.17, 15) is 8.42 Å². The zero-order chi connectivity index (χ0) is 18.0. The Labute approximate surface area is 145 Å². The highest BCUT2D eigenvalue weighted by molar-refractivity contribution is 7.90. The molecule has 0 saturated carbocycles. The Bertz CT molecular complexity index is 610. The fraction of sp³-hybridized carbons (Fsp3) is 0.588. The highest BCUT2D eigenvalue weighted by Gasteiger charge is 2.06. The van der Waals surface area contributed by atoms with Crippen LogP contribution in [0.2, 0.25) is 0 Å². The van der Waals surface area contributed by atoms with Crippen LogP contribution in [0.3, 0.4) is 0 Å². The first kappa shape index (κ1) is 20.4. The molecule has 0 atom stereocenters. The molecule has 2 N–H and O–H groups in total. The van der Waals surface area contributed by atoms with Gasteiger partial charge in [-0.25, -0.2) is 8.42 Å². The molecule has 0 aliphatic rings. The Kier molecular flexibility index (Phi) is 8.78. The number of hydrogen-bond acceptors (Lipinski definition) is 4. The van der Waals surface area contributed by atoms with Gasteiger partial charge in [0.05, 0.1) is 11.0 Å². The van der Waals surface area contributed by atoms with Gasteiger partial charge in [-0.15, -0.1) is 0 Å². The number of guanidine groups is 1. The molecule has 0 bridgehead atoms. The van der Waals surface area contributed by atoms with Crippen LogP contribution in [0.25, 0.3) is 0 Å². The molecule has 0 unspecified atom stereocenters. The number of aliphatic imine (C=N–C) groups is 1. The zero-order valence-corrected chi connectivity index (χ0v) is 15.8. The van der Waals surface area contributed by atoms with Crippen molar-refractivity contribution in [3.63, 3.8) is 0 Å². The Hall–Kier alpha value is -1.60. The quantitative estimate of drug-likeness (QED) is 0.400. The lowest BCUT2D eigenvalue weighted by Crippen LogP contribution is -2.39. The summed E-state index contributed by atoms with van der Waals surface area (Å²) in [5.74, 6) is 0.757. The third kappa shape index (κ3) is 8.31. The van der Waals surface area contributed by atoms with Crippen LogP contribution < -0.4 is 10.6 Å². The normalized spacial score (nSPS) is 12.5. The lowest BCUT2D eigenvalue weighted by Gasteiger charge is -2.12. The average molecular weight is 356 g/mol. The van der Waals surface area contributed by atoms with Crippen LogP contribution in [0.4, 0.5) is 0 Å². The topological polar surface area (TPSA) is 79.8 Å². The molecule has 0 saturated heterocycles. The second-order valence-corrected chi connectivity index (χ2v) is 7.88. The van der Waals surface area contributed by atoms with Gasteiger partial charge in [0.15, 0.2) is 15.8 Å². The third-order valence-corrected chi connectivity index (χ3v) is 4.47. The summed E-state index contributed by atoms with van der Waals surface area (Å²) in [6.07, 6.45) is 3.19. The SMILES string of the molecule is CN=C(NCCCOC(C)C)NCCc1ccc(S(C)(=O)=O)cc1. The van der Waals surface area contributed by atoms with Gasteiger partial charge < -0.3 is 15.4 Å². The van der Waals surface area contributed by atoms with Crippen molar-refractivity contribution in [2.24, 2.45) is 4.99 Å². The van der Waals surface area contributed by atoms with Gasteiger partial charge in [-0.1, -0.05) is 12.1 Å². The maximum Gasteiger partial charge on any atom is 0.190 e. The summed E-state index contributed by atoms with van der Waals surface area (Å²) in [7, 11) is -1.40. The highest BCUT2D eigenvalue weighted by Crippen LogP contribution is 2.10. The van der Waals surface area contributed by atoms with Crippen LogP contribution in [0.15, 0.2) is 34.2 Å². The second-order valence-electron chi connectivity index (χ2n) is 5.86. The second kappa shape index (κ2) is 10.3. The lowest BCUT2D eigenvalue weighted by molar-refractivity contribution is 0.0776. The van der Waals surface area contributed by atoms with E-state index < -0.39 is 9.84 Å². The van der Waals surface area contributed by atoms with Crippen molar-refractivity contribution < 1.29 is 13.2 Å². The summed E-state index contributed by atoms with van der Waals surface area (Å²) in [4.78, 5) is 4.52. The van der Waals surface area contributed by atoms with E-state index in [0.29, 0.717) is 4.90 Å². The Morgan fingerprint density at radius 1 is 1.17 bits per heavy atom. The standard InChI is InChI=1S/C17H29N3O3S/c1-14(2)23-13-5-11-19-17(18-3)20-12-10-15-6-8-16(9-7-15)24(4,21)22/h6-9,14H,5,10-13H2,1-4H3,(H2,18,19,20). The van der Waals surface area contributed by atoms with Crippen molar-refractivity contribution in [3.05, 3.63) is 29.8 Å². The van der Waals surface area contributed by atoms with E-state index in [1.807, 2.05) is 26.0 Å². The molecule has 1 aromatic rings. The highest BCUT2D eigenvalue weighted by atomic mass is 32.2. The predicted molar refractivity (Wildman–Crippen MR) is 98.3 cm³/mol. The monoisotopic (exact) mass is 355 g/mol. The molecule has 0 radical (unpaired) electrons. The summed E-state index contributed by atoms with van der Waals surface area (Å²) in [6.45, 7) is 6.30. The Morgan fingerprint density at radius 3 is 2.33 bits per heavy atom. The Morgan fingerprint density at radius 2 is 1.79 bits per heavy atom. The van der Waals surface area contributed by atoms with Crippen LogP contribution in [0.1, 0.15) is 25.8 Å². The summed E-state index contributed by atoms with van der Waals surface area (Å²) in [6, 6.07) is 6.98. The largest absolute Gasteiger partial charge is 0.379 e. The molecular formula is C17H29N3O3S. The van der Waals surface area contributed by atoms with Crippen LogP contribution in [0.5, 0.6) is 0 Å². The van der Waals surface area contributed by atoms with E-state index in [2.05, 4.69) is 15.6 Å². The van der Waals surface area contributed by atoms with Crippen molar-refractivity contribution in [2.75, 3.05) is 33.0 Å². The van der Waals surface area contributed by atoms with E-state index in [0.717, 1.165) is 44.1 Å². The molecule has 0 amide bonds. The predicted octanol–water partition coefficient (Wildman–Crippen LogP) is 1.61. The summed E-state index contributed by atoms with van der Waals surface area (Å²) in [5.41, 5.74) is 1.08. The number of hydrogen-bond donors (Lipinski definition) is 2. The van der Waals surface area contributed by atoms with Gasteiger partial charge in [-0.05, 0) is 44.4 Å². The van der Waals surface area contributed by atoms with Crippen molar-refractivity contribution >= 4 is 15.8 Å². The maximum atomic E-state index is 11.4. The fourth-order valence-electron chi connectivity index (χ4n) is 2.05. The fourth-order valence-corrected chi connectivity index (χ4v) is 2.68. The van der Waals surface area contributed by atoms with Gasteiger partial charge >= 0.3 is 0 Å². The molecule has 1 rings (SSSR count). The van der Waals surface area contributed by atoms with Crippen LogP contribution in [0, 0.1) is 0 Å². The van der Waals surface area contributed by atoms with Gasteiger partial charge in [0, 0.05) is 33.0 Å². The molecule has 136 valence electrons. The summed E-state index contributed by atoms with van der Waals surface area (Å²) in [5, 5.41) is 6.48. The minimum absolute atomic E-state index is 0.261. The maximum absolute atomic E-state index is 11.4.